The lowest BCUT2D eigenvalue weighted by Crippen LogP contribution is -1.98. The van der Waals surface area contributed by atoms with Crippen LogP contribution in [-0.2, 0) is 0 Å². The summed E-state index contributed by atoms with van der Waals surface area (Å²) in [6, 6.07) is 5.92. The molecule has 1 aliphatic rings. The third kappa shape index (κ3) is 2.06. The van der Waals surface area contributed by atoms with Crippen molar-refractivity contribution in [3.8, 4) is 23.1 Å². The van der Waals surface area contributed by atoms with Gasteiger partial charge in [-0.15, -0.1) is 0 Å². The quantitative estimate of drug-likeness (QED) is 0.626. The number of phenols is 2. The Morgan fingerprint density at radius 2 is 2.12 bits per heavy atom. The van der Waals surface area contributed by atoms with E-state index < -0.39 is 5.78 Å². The van der Waals surface area contributed by atoms with Crippen LogP contribution in [0.4, 0.5) is 0 Å². The van der Waals surface area contributed by atoms with Gasteiger partial charge in [0.05, 0.1) is 18.1 Å². The smallest absolute Gasteiger partial charge is 0.235 e. The Morgan fingerprint density at radius 3 is 2.92 bits per heavy atom. The number of allylic oxidation sites excluding steroid dienone is 1. The monoisotopic (exact) mass is 324 g/mol. The van der Waals surface area contributed by atoms with Gasteiger partial charge in [0.2, 0.25) is 11.7 Å². The molecular formula is C17H12N2O5. The Labute approximate surface area is 135 Å². The number of phenolic OH excluding ortho intramolecular Hbond substituents is 2. The molecule has 24 heavy (non-hydrogen) atoms. The first kappa shape index (κ1) is 14.1. The second-order valence-corrected chi connectivity index (χ2v) is 5.27. The van der Waals surface area contributed by atoms with Gasteiger partial charge in [-0.05, 0) is 12.1 Å². The summed E-state index contributed by atoms with van der Waals surface area (Å²) >= 11 is 0. The average molecular weight is 324 g/mol. The third-order valence-electron chi connectivity index (χ3n) is 3.76. The number of hydrogen-bond acceptors (Lipinski definition) is 6. The maximum absolute atomic E-state index is 12.4. The normalized spacial score (nSPS) is 14.9. The Morgan fingerprint density at radius 1 is 1.29 bits per heavy atom. The van der Waals surface area contributed by atoms with E-state index >= 15 is 0 Å². The fourth-order valence-electron chi connectivity index (χ4n) is 2.64. The predicted octanol–water partition coefficient (Wildman–Crippen LogP) is 2.60. The highest BCUT2D eigenvalue weighted by atomic mass is 16.5. The molecule has 1 aliphatic heterocycles. The number of fused-ring (bicyclic) bond motifs is 2. The van der Waals surface area contributed by atoms with Crippen molar-refractivity contribution in [2.45, 2.75) is 0 Å². The number of benzene rings is 1. The van der Waals surface area contributed by atoms with E-state index in [-0.39, 0.29) is 28.6 Å². The molecule has 0 radical (unpaired) electrons. The number of hydrogen-bond donors (Lipinski definition) is 3. The zero-order valence-electron chi connectivity index (χ0n) is 12.5. The number of rotatable bonds is 2. The first-order valence-electron chi connectivity index (χ1n) is 7.09. The molecule has 0 saturated heterocycles. The summed E-state index contributed by atoms with van der Waals surface area (Å²) in [5, 5.41) is 19.3. The fraction of sp³-hybridized carbons (Fsp3) is 0.0588. The van der Waals surface area contributed by atoms with Crippen molar-refractivity contribution in [2.75, 3.05) is 7.11 Å². The van der Waals surface area contributed by atoms with Crippen molar-refractivity contribution in [3.05, 3.63) is 47.3 Å². The lowest BCUT2D eigenvalue weighted by atomic mass is 10.1. The molecule has 3 N–H and O–H groups in total. The number of H-pyrrole nitrogens is 1. The Bertz CT molecular complexity index is 1020. The molecule has 0 fully saturated rings. The highest BCUT2D eigenvalue weighted by molar-refractivity contribution is 6.16. The number of pyridine rings is 1. The van der Waals surface area contributed by atoms with Crippen molar-refractivity contribution in [1.82, 2.24) is 9.97 Å². The number of ether oxygens (including phenoxy) is 2. The lowest BCUT2D eigenvalue weighted by Gasteiger charge is -2.00. The second kappa shape index (κ2) is 5.02. The molecule has 0 amide bonds. The van der Waals surface area contributed by atoms with E-state index in [1.54, 1.807) is 12.3 Å². The summed E-state index contributed by atoms with van der Waals surface area (Å²) in [5.41, 5.74) is 2.08. The van der Waals surface area contributed by atoms with Gasteiger partial charge >= 0.3 is 0 Å². The number of Topliss-reactive ketones (excluding diaryl/α,β-unsaturated/α-hetero) is 1. The van der Waals surface area contributed by atoms with Gasteiger partial charge in [0.25, 0.3) is 0 Å². The molecular weight excluding hydrogens is 312 g/mol. The molecule has 1 aromatic carbocycles. The van der Waals surface area contributed by atoms with E-state index in [9.17, 15) is 15.0 Å². The first-order chi connectivity index (χ1) is 11.6. The molecule has 0 spiro atoms. The topological polar surface area (TPSA) is 105 Å². The number of nitrogens with one attached hydrogen (secondary N) is 1. The van der Waals surface area contributed by atoms with Gasteiger partial charge < -0.3 is 24.7 Å². The van der Waals surface area contributed by atoms with Crippen molar-refractivity contribution >= 4 is 22.9 Å². The SMILES string of the molecule is COc1ccc2[nH]cc(/C=C3\Oc4cc(O)cc(O)c4C3=O)c2n1. The summed E-state index contributed by atoms with van der Waals surface area (Å²) in [4.78, 5) is 19.8. The largest absolute Gasteiger partial charge is 0.508 e. The Kier molecular flexibility index (Phi) is 2.96. The van der Waals surface area contributed by atoms with Gasteiger partial charge in [-0.1, -0.05) is 0 Å². The van der Waals surface area contributed by atoms with Gasteiger partial charge in [0.15, 0.2) is 5.76 Å². The van der Waals surface area contributed by atoms with Crippen LogP contribution in [-0.4, -0.2) is 33.1 Å². The number of aromatic hydroxyl groups is 2. The summed E-state index contributed by atoms with van der Waals surface area (Å²) in [5.74, 6) is -0.354. The van der Waals surface area contributed by atoms with Crippen LogP contribution in [0.5, 0.6) is 23.1 Å². The molecule has 2 aromatic heterocycles. The molecule has 3 heterocycles. The average Bonchev–Trinajstić information content (AvgIpc) is 3.09. The predicted molar refractivity (Wildman–Crippen MR) is 85.4 cm³/mol. The number of aromatic nitrogens is 2. The van der Waals surface area contributed by atoms with Crippen LogP contribution in [0.25, 0.3) is 17.1 Å². The van der Waals surface area contributed by atoms with E-state index in [0.29, 0.717) is 17.0 Å². The molecule has 3 aromatic rings. The second-order valence-electron chi connectivity index (χ2n) is 5.27. The molecule has 0 unspecified atom stereocenters. The molecule has 0 aliphatic carbocycles. The fourth-order valence-corrected chi connectivity index (χ4v) is 2.64. The van der Waals surface area contributed by atoms with E-state index in [2.05, 4.69) is 9.97 Å². The van der Waals surface area contributed by atoms with Crippen molar-refractivity contribution in [1.29, 1.82) is 0 Å². The van der Waals surface area contributed by atoms with Crippen molar-refractivity contribution in [2.24, 2.45) is 0 Å². The lowest BCUT2D eigenvalue weighted by molar-refractivity contribution is 0.101. The van der Waals surface area contributed by atoms with E-state index in [4.69, 9.17) is 9.47 Å². The summed E-state index contributed by atoms with van der Waals surface area (Å²) in [6.07, 6.45) is 3.23. The van der Waals surface area contributed by atoms with Gasteiger partial charge in [-0.2, -0.15) is 0 Å². The molecule has 0 atom stereocenters. The molecule has 0 bridgehead atoms. The van der Waals surface area contributed by atoms with Gasteiger partial charge in [-0.25, -0.2) is 4.98 Å². The molecule has 120 valence electrons. The van der Waals surface area contributed by atoms with Crippen molar-refractivity contribution < 1.29 is 24.5 Å². The number of carbonyl (C=O) groups is 1. The zero-order chi connectivity index (χ0) is 16.8. The highest BCUT2D eigenvalue weighted by Crippen LogP contribution is 2.40. The van der Waals surface area contributed by atoms with Crippen LogP contribution in [0.15, 0.2) is 36.2 Å². The van der Waals surface area contributed by atoms with Gasteiger partial charge in [0.1, 0.15) is 22.8 Å². The summed E-state index contributed by atoms with van der Waals surface area (Å²) < 4.78 is 10.6. The minimum absolute atomic E-state index is 0.0319. The van der Waals surface area contributed by atoms with Crippen LogP contribution in [0.2, 0.25) is 0 Å². The number of aromatic amines is 1. The standard InChI is InChI=1S/C17H12N2O5/c1-23-14-3-2-10-16(19-14)8(7-18-10)4-13-17(22)15-11(21)5-9(20)6-12(15)24-13/h2-7,18,20-21H,1H3/b13-4-. The van der Waals surface area contributed by atoms with E-state index in [1.165, 1.54) is 19.3 Å². The van der Waals surface area contributed by atoms with Crippen LogP contribution in [0.1, 0.15) is 15.9 Å². The van der Waals surface area contributed by atoms with Gasteiger partial charge in [-0.3, -0.25) is 4.79 Å². The Balaban J connectivity index is 1.80. The Hall–Kier alpha value is -3.48. The summed E-state index contributed by atoms with van der Waals surface area (Å²) in [6.45, 7) is 0. The number of ketones is 1. The maximum atomic E-state index is 12.4. The van der Waals surface area contributed by atoms with E-state index in [0.717, 1.165) is 11.6 Å². The molecule has 0 saturated carbocycles. The number of nitrogens with zero attached hydrogens (tertiary/aromatic N) is 1. The van der Waals surface area contributed by atoms with Crippen LogP contribution < -0.4 is 9.47 Å². The van der Waals surface area contributed by atoms with Crippen LogP contribution in [0, 0.1) is 0 Å². The zero-order valence-corrected chi connectivity index (χ0v) is 12.5. The van der Waals surface area contributed by atoms with Gasteiger partial charge in [0, 0.05) is 30.0 Å². The molecule has 7 nitrogen and oxygen atoms in total. The minimum Gasteiger partial charge on any atom is -0.508 e. The van der Waals surface area contributed by atoms with E-state index in [1.807, 2.05) is 6.07 Å². The minimum atomic E-state index is -0.459. The molecule has 4 rings (SSSR count). The summed E-state index contributed by atoms with van der Waals surface area (Å²) in [7, 11) is 1.52. The van der Waals surface area contributed by atoms with Crippen molar-refractivity contribution in [3.63, 3.8) is 0 Å². The first-order valence-corrected chi connectivity index (χ1v) is 7.09. The third-order valence-corrected chi connectivity index (χ3v) is 3.76. The number of methoxy groups -OCH3 is 1. The maximum Gasteiger partial charge on any atom is 0.235 e. The van der Waals surface area contributed by atoms with Crippen LogP contribution in [0.3, 0.4) is 0 Å². The van der Waals surface area contributed by atoms with Crippen LogP contribution >= 0.6 is 0 Å². The molecule has 7 heteroatoms. The number of carbonyl (C=O) groups excluding carboxylic acids is 1. The highest BCUT2D eigenvalue weighted by Gasteiger charge is 2.31.